The van der Waals surface area contributed by atoms with Gasteiger partial charge in [-0.1, -0.05) is 12.1 Å². The molecule has 0 aliphatic carbocycles. The first-order valence-corrected chi connectivity index (χ1v) is 7.29. The topological polar surface area (TPSA) is 67.3 Å². The summed E-state index contributed by atoms with van der Waals surface area (Å²) in [7, 11) is 1.61. The second-order valence-corrected chi connectivity index (χ2v) is 5.12. The average molecular weight is 298 g/mol. The molecular formula is C16H18N4O2. The lowest BCUT2D eigenvalue weighted by Gasteiger charge is -2.15. The molecule has 1 aliphatic rings. The van der Waals surface area contributed by atoms with Crippen LogP contribution in [0.15, 0.2) is 36.7 Å². The van der Waals surface area contributed by atoms with Crippen molar-refractivity contribution in [2.45, 2.75) is 12.8 Å². The number of anilines is 2. The normalized spacial score (nSPS) is 14.0. The van der Waals surface area contributed by atoms with E-state index in [9.17, 15) is 4.79 Å². The van der Waals surface area contributed by atoms with Crippen LogP contribution in [0.4, 0.5) is 11.6 Å². The lowest BCUT2D eigenvalue weighted by Crippen LogP contribution is -2.27. The van der Waals surface area contributed by atoms with Crippen molar-refractivity contribution in [3.05, 3.63) is 42.2 Å². The molecule has 1 saturated heterocycles. The van der Waals surface area contributed by atoms with Crippen molar-refractivity contribution in [2.75, 3.05) is 25.5 Å². The van der Waals surface area contributed by atoms with E-state index in [2.05, 4.69) is 15.3 Å². The Balaban J connectivity index is 1.72. The standard InChI is InChI=1S/C16H18N4O2/c1-22-14-7-3-2-6-13(14)19-16-17-10-12(11-18-16)15(21)20-8-4-5-9-20/h2-3,6-7,10-11H,4-5,8-9H2,1H3,(H,17,18,19). The molecule has 1 amide bonds. The third kappa shape index (κ3) is 3.00. The number of rotatable bonds is 4. The van der Waals surface area contributed by atoms with E-state index in [0.29, 0.717) is 17.3 Å². The van der Waals surface area contributed by atoms with Gasteiger partial charge in [0.1, 0.15) is 5.75 Å². The first-order chi connectivity index (χ1) is 10.8. The van der Waals surface area contributed by atoms with Crippen LogP contribution in [0.25, 0.3) is 0 Å². The summed E-state index contributed by atoms with van der Waals surface area (Å²) >= 11 is 0. The summed E-state index contributed by atoms with van der Waals surface area (Å²) in [5.74, 6) is 1.15. The molecule has 0 saturated carbocycles. The fourth-order valence-corrected chi connectivity index (χ4v) is 2.47. The number of aromatic nitrogens is 2. The molecule has 1 N–H and O–H groups in total. The zero-order valence-electron chi connectivity index (χ0n) is 12.5. The maximum absolute atomic E-state index is 12.2. The fraction of sp³-hybridized carbons (Fsp3) is 0.312. The zero-order chi connectivity index (χ0) is 15.4. The van der Waals surface area contributed by atoms with E-state index in [1.807, 2.05) is 29.2 Å². The average Bonchev–Trinajstić information content (AvgIpc) is 3.10. The van der Waals surface area contributed by atoms with Crippen LogP contribution in [0, 0.1) is 0 Å². The molecular weight excluding hydrogens is 280 g/mol. The van der Waals surface area contributed by atoms with Gasteiger partial charge in [-0.05, 0) is 25.0 Å². The number of nitrogens with zero attached hydrogens (tertiary/aromatic N) is 3. The van der Waals surface area contributed by atoms with Crippen LogP contribution < -0.4 is 10.1 Å². The van der Waals surface area contributed by atoms with Crippen molar-refractivity contribution in [2.24, 2.45) is 0 Å². The number of ether oxygens (including phenoxy) is 1. The molecule has 6 nitrogen and oxygen atoms in total. The van der Waals surface area contributed by atoms with Crippen LogP contribution in [0.5, 0.6) is 5.75 Å². The predicted octanol–water partition coefficient (Wildman–Crippen LogP) is 2.46. The maximum atomic E-state index is 12.2. The number of hydrogen-bond donors (Lipinski definition) is 1. The largest absolute Gasteiger partial charge is 0.495 e. The van der Waals surface area contributed by atoms with Gasteiger partial charge in [0, 0.05) is 25.5 Å². The molecule has 1 aromatic carbocycles. The molecule has 1 aromatic heterocycles. The second-order valence-electron chi connectivity index (χ2n) is 5.12. The van der Waals surface area contributed by atoms with E-state index in [-0.39, 0.29) is 5.91 Å². The van der Waals surface area contributed by atoms with Gasteiger partial charge in [0.05, 0.1) is 18.4 Å². The molecule has 0 spiro atoms. The molecule has 0 unspecified atom stereocenters. The van der Waals surface area contributed by atoms with E-state index < -0.39 is 0 Å². The van der Waals surface area contributed by atoms with Crippen LogP contribution in [-0.2, 0) is 0 Å². The van der Waals surface area contributed by atoms with Crippen LogP contribution in [0.3, 0.4) is 0 Å². The Morgan fingerprint density at radius 3 is 2.55 bits per heavy atom. The van der Waals surface area contributed by atoms with Crippen LogP contribution in [0.2, 0.25) is 0 Å². The van der Waals surface area contributed by atoms with E-state index in [1.165, 1.54) is 0 Å². The first kappa shape index (κ1) is 14.3. The smallest absolute Gasteiger partial charge is 0.256 e. The highest BCUT2D eigenvalue weighted by Crippen LogP contribution is 2.25. The first-order valence-electron chi connectivity index (χ1n) is 7.29. The van der Waals surface area contributed by atoms with E-state index in [0.717, 1.165) is 31.6 Å². The number of hydrogen-bond acceptors (Lipinski definition) is 5. The van der Waals surface area contributed by atoms with Crippen LogP contribution in [0.1, 0.15) is 23.2 Å². The fourth-order valence-electron chi connectivity index (χ4n) is 2.47. The molecule has 1 fully saturated rings. The highest BCUT2D eigenvalue weighted by molar-refractivity contribution is 5.93. The molecule has 114 valence electrons. The van der Waals surface area contributed by atoms with E-state index >= 15 is 0 Å². The van der Waals surface area contributed by atoms with Crippen molar-refractivity contribution in [3.8, 4) is 5.75 Å². The molecule has 1 aliphatic heterocycles. The molecule has 2 aromatic rings. The van der Waals surface area contributed by atoms with Gasteiger partial charge in [0.2, 0.25) is 5.95 Å². The monoisotopic (exact) mass is 298 g/mol. The second kappa shape index (κ2) is 6.43. The van der Waals surface area contributed by atoms with Gasteiger partial charge in [-0.15, -0.1) is 0 Å². The summed E-state index contributed by atoms with van der Waals surface area (Å²) in [6, 6.07) is 7.53. The summed E-state index contributed by atoms with van der Waals surface area (Å²) in [5.41, 5.74) is 1.30. The minimum atomic E-state index is 0.00124. The number of amides is 1. The number of carbonyl (C=O) groups is 1. The van der Waals surface area contributed by atoms with Gasteiger partial charge >= 0.3 is 0 Å². The van der Waals surface area contributed by atoms with Crippen LogP contribution in [-0.4, -0.2) is 41.0 Å². The summed E-state index contributed by atoms with van der Waals surface area (Å²) < 4.78 is 5.27. The Kier molecular flexibility index (Phi) is 4.18. The van der Waals surface area contributed by atoms with E-state index in [1.54, 1.807) is 19.5 Å². The third-order valence-corrected chi connectivity index (χ3v) is 3.65. The number of nitrogens with one attached hydrogen (secondary N) is 1. The summed E-state index contributed by atoms with van der Waals surface area (Å²) in [4.78, 5) is 22.5. The number of methoxy groups -OCH3 is 1. The van der Waals surface area contributed by atoms with Crippen molar-refractivity contribution in [1.82, 2.24) is 14.9 Å². The molecule has 0 radical (unpaired) electrons. The molecule has 2 heterocycles. The lowest BCUT2D eigenvalue weighted by molar-refractivity contribution is 0.0792. The number of carbonyl (C=O) groups excluding carboxylic acids is 1. The Morgan fingerprint density at radius 1 is 1.18 bits per heavy atom. The van der Waals surface area contributed by atoms with Gasteiger partial charge in [-0.3, -0.25) is 4.79 Å². The molecule has 22 heavy (non-hydrogen) atoms. The Hall–Kier alpha value is -2.63. The quantitative estimate of drug-likeness (QED) is 0.939. The van der Waals surface area contributed by atoms with Crippen molar-refractivity contribution in [3.63, 3.8) is 0 Å². The zero-order valence-corrected chi connectivity index (χ0v) is 12.5. The minimum Gasteiger partial charge on any atom is -0.495 e. The molecule has 3 rings (SSSR count). The Labute approximate surface area is 129 Å². The Bertz CT molecular complexity index is 651. The van der Waals surface area contributed by atoms with E-state index in [4.69, 9.17) is 4.74 Å². The molecule has 6 heteroatoms. The maximum Gasteiger partial charge on any atom is 0.256 e. The van der Waals surface area contributed by atoms with Crippen molar-refractivity contribution >= 4 is 17.5 Å². The number of benzene rings is 1. The minimum absolute atomic E-state index is 0.00124. The molecule has 0 atom stereocenters. The van der Waals surface area contributed by atoms with Gasteiger partial charge in [-0.25, -0.2) is 9.97 Å². The predicted molar refractivity (Wildman–Crippen MR) is 83.4 cm³/mol. The molecule has 0 bridgehead atoms. The van der Waals surface area contributed by atoms with Gasteiger partial charge in [0.15, 0.2) is 0 Å². The van der Waals surface area contributed by atoms with Gasteiger partial charge in [0.25, 0.3) is 5.91 Å². The SMILES string of the molecule is COc1ccccc1Nc1ncc(C(=O)N2CCCC2)cn1. The van der Waals surface area contributed by atoms with Crippen LogP contribution >= 0.6 is 0 Å². The number of para-hydroxylation sites is 2. The van der Waals surface area contributed by atoms with Gasteiger partial charge in [-0.2, -0.15) is 0 Å². The lowest BCUT2D eigenvalue weighted by atomic mass is 10.3. The van der Waals surface area contributed by atoms with Crippen molar-refractivity contribution in [1.29, 1.82) is 0 Å². The summed E-state index contributed by atoms with van der Waals surface area (Å²) in [6.07, 6.45) is 5.26. The highest BCUT2D eigenvalue weighted by Gasteiger charge is 2.20. The van der Waals surface area contributed by atoms with Crippen molar-refractivity contribution < 1.29 is 9.53 Å². The summed E-state index contributed by atoms with van der Waals surface area (Å²) in [6.45, 7) is 1.64. The summed E-state index contributed by atoms with van der Waals surface area (Å²) in [5, 5.41) is 3.09. The number of likely N-dealkylation sites (tertiary alicyclic amines) is 1. The third-order valence-electron chi connectivity index (χ3n) is 3.65. The Morgan fingerprint density at radius 2 is 1.86 bits per heavy atom. The highest BCUT2D eigenvalue weighted by atomic mass is 16.5. The van der Waals surface area contributed by atoms with Gasteiger partial charge < -0.3 is 15.0 Å².